The van der Waals surface area contributed by atoms with Gasteiger partial charge in [0.05, 0.1) is 0 Å². The summed E-state index contributed by atoms with van der Waals surface area (Å²) in [5.74, 6) is -0.161. The first kappa shape index (κ1) is 15.5. The van der Waals surface area contributed by atoms with Crippen molar-refractivity contribution in [2.45, 2.75) is 57.5 Å². The first-order chi connectivity index (χ1) is 9.59. The minimum absolute atomic E-state index is 0.0858. The zero-order valence-corrected chi connectivity index (χ0v) is 12.7. The van der Waals surface area contributed by atoms with Crippen LogP contribution in [-0.4, -0.2) is 29.6 Å². The summed E-state index contributed by atoms with van der Waals surface area (Å²) >= 11 is 0. The summed E-state index contributed by atoms with van der Waals surface area (Å²) in [6.07, 6.45) is 5.99. The minimum Gasteiger partial charge on any atom is -0.329 e. The fourth-order valence-corrected chi connectivity index (χ4v) is 3.67. The lowest BCUT2D eigenvalue weighted by atomic mass is 9.89. The summed E-state index contributed by atoms with van der Waals surface area (Å²) in [7, 11) is 0. The predicted molar refractivity (Wildman–Crippen MR) is 82.2 cm³/mol. The maximum Gasteiger partial charge on any atom is 0.123 e. The van der Waals surface area contributed by atoms with Crippen LogP contribution in [0.4, 0.5) is 4.39 Å². The molecule has 2 N–H and O–H groups in total. The van der Waals surface area contributed by atoms with Gasteiger partial charge in [-0.3, -0.25) is 4.90 Å². The number of hydrogen-bond donors (Lipinski definition) is 1. The molecule has 0 aliphatic heterocycles. The first-order valence-electron chi connectivity index (χ1n) is 7.80. The summed E-state index contributed by atoms with van der Waals surface area (Å²) in [6, 6.07) is 7.56. The number of rotatable bonds is 6. The molecule has 1 aliphatic rings. The van der Waals surface area contributed by atoms with E-state index in [2.05, 4.69) is 18.7 Å². The highest BCUT2D eigenvalue weighted by Crippen LogP contribution is 2.30. The Bertz CT molecular complexity index is 429. The molecule has 3 heteroatoms. The third-order valence-corrected chi connectivity index (χ3v) is 4.71. The molecule has 0 amide bonds. The van der Waals surface area contributed by atoms with Crippen molar-refractivity contribution in [1.29, 1.82) is 0 Å². The monoisotopic (exact) mass is 278 g/mol. The zero-order chi connectivity index (χ0) is 14.6. The van der Waals surface area contributed by atoms with Crippen LogP contribution in [0.25, 0.3) is 0 Å². The van der Waals surface area contributed by atoms with Crippen LogP contribution in [0.2, 0.25) is 0 Å². The number of likely N-dealkylation sites (N-methyl/N-ethyl adjacent to an activating group) is 1. The van der Waals surface area contributed by atoms with E-state index in [1.807, 2.05) is 6.07 Å². The van der Waals surface area contributed by atoms with E-state index >= 15 is 0 Å². The molecule has 2 rings (SSSR count). The Morgan fingerprint density at radius 1 is 1.35 bits per heavy atom. The van der Waals surface area contributed by atoms with Crippen molar-refractivity contribution in [3.8, 4) is 0 Å². The van der Waals surface area contributed by atoms with Crippen molar-refractivity contribution < 1.29 is 4.39 Å². The number of halogens is 1. The van der Waals surface area contributed by atoms with Gasteiger partial charge in [-0.2, -0.15) is 0 Å². The summed E-state index contributed by atoms with van der Waals surface area (Å²) in [6.45, 7) is 6.04. The van der Waals surface area contributed by atoms with Gasteiger partial charge in [-0.15, -0.1) is 0 Å². The van der Waals surface area contributed by atoms with Crippen molar-refractivity contribution in [1.82, 2.24) is 4.90 Å². The standard InChI is InChI=1S/C17H27FN2/c1-3-20(16-9-4-5-10-16)17(2,13-19)12-14-7-6-8-15(18)11-14/h6-8,11,16H,3-5,9-10,12-13,19H2,1-2H3. The molecule has 1 aliphatic carbocycles. The fourth-order valence-electron chi connectivity index (χ4n) is 3.67. The Hall–Kier alpha value is -0.930. The van der Waals surface area contributed by atoms with Gasteiger partial charge in [-0.25, -0.2) is 4.39 Å². The quantitative estimate of drug-likeness (QED) is 0.864. The lowest BCUT2D eigenvalue weighted by molar-refractivity contribution is 0.0688. The SMILES string of the molecule is CCN(C1CCCC1)C(C)(CN)Cc1cccc(F)c1. The maximum atomic E-state index is 13.4. The molecule has 1 unspecified atom stereocenters. The van der Waals surface area contributed by atoms with Crippen LogP contribution in [0.1, 0.15) is 45.1 Å². The second-order valence-electron chi connectivity index (χ2n) is 6.23. The highest BCUT2D eigenvalue weighted by atomic mass is 19.1. The van der Waals surface area contributed by atoms with E-state index in [0.717, 1.165) is 18.5 Å². The molecule has 2 nitrogen and oxygen atoms in total. The van der Waals surface area contributed by atoms with Crippen molar-refractivity contribution in [2.24, 2.45) is 5.73 Å². The Kier molecular flexibility index (Phi) is 5.17. The molecule has 0 bridgehead atoms. The Morgan fingerprint density at radius 3 is 2.60 bits per heavy atom. The normalized spacial score (nSPS) is 19.4. The van der Waals surface area contributed by atoms with E-state index in [1.54, 1.807) is 12.1 Å². The van der Waals surface area contributed by atoms with Gasteiger partial charge in [0.1, 0.15) is 5.82 Å². The van der Waals surface area contributed by atoms with E-state index in [0.29, 0.717) is 12.6 Å². The van der Waals surface area contributed by atoms with E-state index in [-0.39, 0.29) is 11.4 Å². The average Bonchev–Trinajstić information content (AvgIpc) is 2.93. The zero-order valence-electron chi connectivity index (χ0n) is 12.7. The molecule has 0 radical (unpaired) electrons. The Balaban J connectivity index is 2.17. The van der Waals surface area contributed by atoms with E-state index in [1.165, 1.54) is 31.7 Å². The molecule has 1 aromatic carbocycles. The molecule has 1 saturated carbocycles. The number of benzene rings is 1. The van der Waals surface area contributed by atoms with E-state index < -0.39 is 0 Å². The lowest BCUT2D eigenvalue weighted by Crippen LogP contribution is -2.56. The van der Waals surface area contributed by atoms with Crippen LogP contribution >= 0.6 is 0 Å². The third-order valence-electron chi connectivity index (χ3n) is 4.71. The largest absolute Gasteiger partial charge is 0.329 e. The molecule has 1 fully saturated rings. The molecular formula is C17H27FN2. The third kappa shape index (κ3) is 3.39. The van der Waals surface area contributed by atoms with Gasteiger partial charge in [-0.05, 0) is 50.4 Å². The molecule has 0 heterocycles. The smallest absolute Gasteiger partial charge is 0.123 e. The summed E-state index contributed by atoms with van der Waals surface area (Å²) < 4.78 is 13.4. The maximum absolute atomic E-state index is 13.4. The Labute approximate surface area is 122 Å². The Morgan fingerprint density at radius 2 is 2.05 bits per heavy atom. The predicted octanol–water partition coefficient (Wildman–Crippen LogP) is 3.35. The second-order valence-corrected chi connectivity index (χ2v) is 6.23. The van der Waals surface area contributed by atoms with Gasteiger partial charge >= 0.3 is 0 Å². The first-order valence-corrected chi connectivity index (χ1v) is 7.80. The highest BCUT2D eigenvalue weighted by molar-refractivity contribution is 5.19. The van der Waals surface area contributed by atoms with Crippen LogP contribution in [0, 0.1) is 5.82 Å². The molecule has 0 aromatic heterocycles. The lowest BCUT2D eigenvalue weighted by Gasteiger charge is -2.44. The topological polar surface area (TPSA) is 29.3 Å². The van der Waals surface area contributed by atoms with E-state index in [9.17, 15) is 4.39 Å². The number of nitrogens with two attached hydrogens (primary N) is 1. The van der Waals surface area contributed by atoms with E-state index in [4.69, 9.17) is 5.73 Å². The molecule has 112 valence electrons. The molecular weight excluding hydrogens is 251 g/mol. The van der Waals surface area contributed by atoms with Crippen molar-refractivity contribution in [3.63, 3.8) is 0 Å². The number of hydrogen-bond acceptors (Lipinski definition) is 2. The average molecular weight is 278 g/mol. The van der Waals surface area contributed by atoms with Crippen LogP contribution in [0.3, 0.4) is 0 Å². The molecule has 0 spiro atoms. The summed E-state index contributed by atoms with van der Waals surface area (Å²) in [5, 5.41) is 0. The van der Waals surface area contributed by atoms with Gasteiger partial charge in [0.25, 0.3) is 0 Å². The van der Waals surface area contributed by atoms with Crippen molar-refractivity contribution in [2.75, 3.05) is 13.1 Å². The molecule has 1 aromatic rings. The van der Waals surface area contributed by atoms with Crippen LogP contribution in [0.15, 0.2) is 24.3 Å². The van der Waals surface area contributed by atoms with Crippen LogP contribution < -0.4 is 5.73 Å². The van der Waals surface area contributed by atoms with Crippen molar-refractivity contribution in [3.05, 3.63) is 35.6 Å². The number of nitrogens with zero attached hydrogens (tertiary/aromatic N) is 1. The van der Waals surface area contributed by atoms with Gasteiger partial charge in [0, 0.05) is 18.1 Å². The summed E-state index contributed by atoms with van der Waals surface area (Å²) in [5.41, 5.74) is 7.05. The summed E-state index contributed by atoms with van der Waals surface area (Å²) in [4.78, 5) is 2.55. The molecule has 1 atom stereocenters. The molecule has 0 saturated heterocycles. The molecule has 20 heavy (non-hydrogen) atoms. The van der Waals surface area contributed by atoms with Gasteiger partial charge < -0.3 is 5.73 Å². The second kappa shape index (κ2) is 6.68. The fraction of sp³-hybridized carbons (Fsp3) is 0.647. The highest BCUT2D eigenvalue weighted by Gasteiger charge is 2.35. The van der Waals surface area contributed by atoms with Gasteiger partial charge in [-0.1, -0.05) is 31.9 Å². The van der Waals surface area contributed by atoms with Gasteiger partial charge in [0.2, 0.25) is 0 Å². The van der Waals surface area contributed by atoms with Crippen LogP contribution in [0.5, 0.6) is 0 Å². The minimum atomic E-state index is -0.161. The van der Waals surface area contributed by atoms with Crippen LogP contribution in [-0.2, 0) is 6.42 Å². The van der Waals surface area contributed by atoms with Gasteiger partial charge in [0.15, 0.2) is 0 Å². The van der Waals surface area contributed by atoms with Crippen molar-refractivity contribution >= 4 is 0 Å².